The molecule has 12 aromatic rings. The molecule has 0 radical (unpaired) electrons. The maximum Gasteiger partial charge on any atom is 0.160 e. The molecule has 0 atom stereocenters. The van der Waals surface area contributed by atoms with Gasteiger partial charge in [0.25, 0.3) is 0 Å². The molecule has 0 fully saturated rings. The van der Waals surface area contributed by atoms with Gasteiger partial charge in [-0.3, -0.25) is 0 Å². The van der Waals surface area contributed by atoms with Gasteiger partial charge in [0.05, 0.1) is 22.1 Å². The van der Waals surface area contributed by atoms with Crippen LogP contribution in [0.4, 0.5) is 0 Å². The third-order valence-corrected chi connectivity index (χ3v) is 11.3. The molecule has 12 rings (SSSR count). The molecule has 5 heteroatoms. The predicted octanol–water partition coefficient (Wildman–Crippen LogP) is 13.6. The first-order valence-corrected chi connectivity index (χ1v) is 19.3. The second kappa shape index (κ2) is 12.4. The Morgan fingerprint density at radius 3 is 1.72 bits per heavy atom. The minimum absolute atomic E-state index is 0.655. The minimum Gasteiger partial charge on any atom is -0.455 e. The van der Waals surface area contributed by atoms with Gasteiger partial charge < -0.3 is 13.6 Å². The fourth-order valence-electron chi connectivity index (χ4n) is 8.80. The predicted molar refractivity (Wildman–Crippen MR) is 234 cm³/mol. The van der Waals surface area contributed by atoms with Crippen LogP contribution in [-0.4, -0.2) is 19.1 Å². The van der Waals surface area contributed by atoms with E-state index in [1.54, 1.807) is 0 Å². The van der Waals surface area contributed by atoms with Gasteiger partial charge in [0.15, 0.2) is 5.82 Å². The molecule has 0 N–H and O–H groups in total. The Balaban J connectivity index is 1.09. The van der Waals surface area contributed by atoms with Crippen LogP contribution in [0, 0.1) is 0 Å². The van der Waals surface area contributed by atoms with E-state index in [9.17, 15) is 0 Å². The van der Waals surface area contributed by atoms with Crippen LogP contribution >= 0.6 is 0 Å². The van der Waals surface area contributed by atoms with Gasteiger partial charge in [0, 0.05) is 49.4 Å². The molecule has 0 amide bonds. The number of furan rings is 1. The van der Waals surface area contributed by atoms with E-state index in [4.69, 9.17) is 14.4 Å². The average Bonchev–Trinajstić information content (AvgIpc) is 3.95. The summed E-state index contributed by atoms with van der Waals surface area (Å²) in [5.41, 5.74) is 14.0. The zero-order valence-corrected chi connectivity index (χ0v) is 30.7. The maximum absolute atomic E-state index is 6.65. The van der Waals surface area contributed by atoms with E-state index < -0.39 is 0 Å². The number of aromatic nitrogens is 4. The Morgan fingerprint density at radius 1 is 0.386 bits per heavy atom. The van der Waals surface area contributed by atoms with Crippen molar-refractivity contribution in [2.24, 2.45) is 0 Å². The fourth-order valence-corrected chi connectivity index (χ4v) is 8.80. The lowest BCUT2D eigenvalue weighted by Crippen LogP contribution is -2.00. The lowest BCUT2D eigenvalue weighted by Gasteiger charge is -2.13. The summed E-state index contributed by atoms with van der Waals surface area (Å²) in [6.07, 6.45) is 0. The second-order valence-electron chi connectivity index (χ2n) is 14.6. The summed E-state index contributed by atoms with van der Waals surface area (Å²) in [5.74, 6) is 0.655. The Morgan fingerprint density at radius 2 is 0.947 bits per heavy atom. The second-order valence-corrected chi connectivity index (χ2v) is 14.6. The first-order chi connectivity index (χ1) is 28.3. The maximum atomic E-state index is 6.65. The molecule has 5 nitrogen and oxygen atoms in total. The molecule has 57 heavy (non-hydrogen) atoms. The quantitative estimate of drug-likeness (QED) is 0.177. The van der Waals surface area contributed by atoms with Gasteiger partial charge >= 0.3 is 0 Å². The van der Waals surface area contributed by atoms with E-state index in [0.29, 0.717) is 5.82 Å². The third kappa shape index (κ3) is 4.82. The van der Waals surface area contributed by atoms with Crippen molar-refractivity contribution in [3.8, 4) is 45.1 Å². The highest BCUT2D eigenvalue weighted by Crippen LogP contribution is 2.42. The summed E-state index contributed by atoms with van der Waals surface area (Å²) in [6, 6.07) is 68.3. The number of benzene rings is 8. The molecule has 8 aromatic carbocycles. The summed E-state index contributed by atoms with van der Waals surface area (Å²) in [7, 11) is 0. The Hall–Kier alpha value is -7.76. The van der Waals surface area contributed by atoms with Gasteiger partial charge in [-0.25, -0.2) is 9.97 Å². The van der Waals surface area contributed by atoms with Crippen LogP contribution in [0.1, 0.15) is 0 Å². The SMILES string of the molecule is c1ccc(-n2c3ccccc3c3nc(-c4cccc(-c5cccc(-n6c7ccccc7c7ccccc76)c5)c4)nc(-c4cccc5c4oc4ccccc45)c32)cc1. The van der Waals surface area contributed by atoms with Gasteiger partial charge in [-0.05, 0) is 71.8 Å². The van der Waals surface area contributed by atoms with E-state index >= 15 is 0 Å². The first kappa shape index (κ1) is 31.6. The summed E-state index contributed by atoms with van der Waals surface area (Å²) >= 11 is 0. The van der Waals surface area contributed by atoms with E-state index in [1.165, 1.54) is 21.8 Å². The highest BCUT2D eigenvalue weighted by atomic mass is 16.3. The molecule has 0 saturated heterocycles. The van der Waals surface area contributed by atoms with Gasteiger partial charge in [0.2, 0.25) is 0 Å². The minimum atomic E-state index is 0.655. The van der Waals surface area contributed by atoms with Crippen molar-refractivity contribution in [1.82, 2.24) is 19.1 Å². The number of hydrogen-bond acceptors (Lipinski definition) is 3. The lowest BCUT2D eigenvalue weighted by molar-refractivity contribution is 0.670. The van der Waals surface area contributed by atoms with Gasteiger partial charge in [-0.1, -0.05) is 133 Å². The van der Waals surface area contributed by atoms with Crippen molar-refractivity contribution in [2.75, 3.05) is 0 Å². The van der Waals surface area contributed by atoms with Crippen LogP contribution in [0.25, 0.3) is 111 Å². The molecule has 0 unspecified atom stereocenters. The van der Waals surface area contributed by atoms with Crippen LogP contribution in [0.2, 0.25) is 0 Å². The molecule has 0 aliphatic rings. The van der Waals surface area contributed by atoms with Crippen molar-refractivity contribution < 1.29 is 4.42 Å². The third-order valence-electron chi connectivity index (χ3n) is 11.3. The van der Waals surface area contributed by atoms with E-state index in [-0.39, 0.29) is 0 Å². The standard InChI is InChI=1S/C52H32N4O/c1-2-18-36(19-3-1)56-46-29-10-6-24-42(46)48-50(56)49(43-26-14-25-41-40-23-7-11-30-47(40)57-51(41)43)54-52(53-48)35-17-12-15-33(31-35)34-16-13-20-37(32-34)55-44-27-8-4-21-38(44)39-22-5-9-28-45(39)55/h1-32H. The Bertz CT molecular complexity index is 3480. The molecular formula is C52H32N4O. The van der Waals surface area contributed by atoms with Crippen LogP contribution in [0.5, 0.6) is 0 Å². The number of rotatable bonds is 5. The van der Waals surface area contributed by atoms with Crippen LogP contribution in [-0.2, 0) is 0 Å². The molecule has 0 saturated carbocycles. The lowest BCUT2D eigenvalue weighted by atomic mass is 10.0. The fraction of sp³-hybridized carbons (Fsp3) is 0. The van der Waals surface area contributed by atoms with Crippen molar-refractivity contribution in [3.05, 3.63) is 194 Å². The molecule has 0 spiro atoms. The average molecular weight is 729 g/mol. The van der Waals surface area contributed by atoms with Crippen molar-refractivity contribution in [2.45, 2.75) is 0 Å². The zero-order chi connectivity index (χ0) is 37.5. The molecule has 4 aromatic heterocycles. The van der Waals surface area contributed by atoms with E-state index in [0.717, 1.165) is 83.2 Å². The topological polar surface area (TPSA) is 48.8 Å². The van der Waals surface area contributed by atoms with E-state index in [1.807, 2.05) is 18.2 Å². The van der Waals surface area contributed by atoms with Crippen LogP contribution < -0.4 is 0 Å². The van der Waals surface area contributed by atoms with Crippen molar-refractivity contribution in [3.63, 3.8) is 0 Å². The van der Waals surface area contributed by atoms with Gasteiger partial charge in [-0.2, -0.15) is 0 Å². The Labute approximate surface area is 327 Å². The smallest absolute Gasteiger partial charge is 0.160 e. The zero-order valence-electron chi connectivity index (χ0n) is 30.7. The molecule has 4 heterocycles. The van der Waals surface area contributed by atoms with E-state index in [2.05, 4.69) is 185 Å². The highest BCUT2D eigenvalue weighted by Gasteiger charge is 2.24. The Kier molecular flexibility index (Phi) is 6.86. The summed E-state index contributed by atoms with van der Waals surface area (Å²) < 4.78 is 11.3. The summed E-state index contributed by atoms with van der Waals surface area (Å²) in [5, 5.41) is 5.70. The molecule has 0 aliphatic heterocycles. The summed E-state index contributed by atoms with van der Waals surface area (Å²) in [4.78, 5) is 10.9. The van der Waals surface area contributed by atoms with Crippen LogP contribution in [0.3, 0.4) is 0 Å². The first-order valence-electron chi connectivity index (χ1n) is 19.3. The monoisotopic (exact) mass is 728 g/mol. The summed E-state index contributed by atoms with van der Waals surface area (Å²) in [6.45, 7) is 0. The van der Waals surface area contributed by atoms with Crippen molar-refractivity contribution in [1.29, 1.82) is 0 Å². The molecule has 0 bridgehead atoms. The normalized spacial score (nSPS) is 11.9. The largest absolute Gasteiger partial charge is 0.455 e. The molecular weight excluding hydrogens is 697 g/mol. The van der Waals surface area contributed by atoms with Crippen LogP contribution in [0.15, 0.2) is 199 Å². The molecule has 266 valence electrons. The number of fused-ring (bicyclic) bond motifs is 9. The van der Waals surface area contributed by atoms with Gasteiger partial charge in [0.1, 0.15) is 22.4 Å². The number of hydrogen-bond donors (Lipinski definition) is 0. The number of para-hydroxylation sites is 6. The van der Waals surface area contributed by atoms with Gasteiger partial charge in [-0.15, -0.1) is 0 Å². The number of nitrogens with zero attached hydrogens (tertiary/aromatic N) is 4. The molecule has 0 aliphatic carbocycles. The highest BCUT2D eigenvalue weighted by molar-refractivity contribution is 6.16. The van der Waals surface area contributed by atoms with Crippen molar-refractivity contribution >= 4 is 65.7 Å².